The highest BCUT2D eigenvalue weighted by Gasteiger charge is 2.20. The zero-order valence-electron chi connectivity index (χ0n) is 11.4. The van der Waals surface area contributed by atoms with Gasteiger partial charge in [-0.25, -0.2) is 0 Å². The molecule has 1 aliphatic rings. The molecule has 0 radical (unpaired) electrons. The van der Waals surface area contributed by atoms with Crippen LogP contribution in [0.15, 0.2) is 16.7 Å². The van der Waals surface area contributed by atoms with Crippen molar-refractivity contribution in [2.45, 2.75) is 39.0 Å². The van der Waals surface area contributed by atoms with Gasteiger partial charge in [0.2, 0.25) is 0 Å². The Balaban J connectivity index is 1.83. The molecule has 102 valence electrons. The topological polar surface area (TPSA) is 37.6 Å². The van der Waals surface area contributed by atoms with Crippen LogP contribution in [-0.4, -0.2) is 37.7 Å². The summed E-state index contributed by atoms with van der Waals surface area (Å²) in [6, 6.07) is 2.15. The highest BCUT2D eigenvalue weighted by Crippen LogP contribution is 2.17. The van der Waals surface area contributed by atoms with E-state index in [0.29, 0.717) is 6.10 Å². The zero-order chi connectivity index (χ0) is 12.8. The molecule has 0 amide bonds. The third-order valence-electron chi connectivity index (χ3n) is 3.46. The lowest BCUT2D eigenvalue weighted by Gasteiger charge is -2.31. The maximum absolute atomic E-state index is 5.61. The molecular formula is C14H24N2O2. The lowest BCUT2D eigenvalue weighted by Crippen LogP contribution is -2.38. The number of hydrogen-bond donors (Lipinski definition) is 1. The van der Waals surface area contributed by atoms with Crippen LogP contribution in [0.1, 0.15) is 31.1 Å². The Hall–Kier alpha value is -0.840. The highest BCUT2D eigenvalue weighted by molar-refractivity contribution is 5.12. The molecule has 1 unspecified atom stereocenters. The van der Waals surface area contributed by atoms with Gasteiger partial charge in [-0.1, -0.05) is 6.92 Å². The second-order valence-corrected chi connectivity index (χ2v) is 4.94. The molecular weight excluding hydrogens is 228 g/mol. The lowest BCUT2D eigenvalue weighted by atomic mass is 10.1. The zero-order valence-corrected chi connectivity index (χ0v) is 11.4. The molecule has 1 fully saturated rings. The van der Waals surface area contributed by atoms with E-state index in [1.807, 2.05) is 6.26 Å². The fraction of sp³-hybridized carbons (Fsp3) is 0.714. The number of furan rings is 1. The minimum absolute atomic E-state index is 0.384. The van der Waals surface area contributed by atoms with Gasteiger partial charge in [0.05, 0.1) is 18.9 Å². The minimum Gasteiger partial charge on any atom is -0.468 e. The van der Waals surface area contributed by atoms with E-state index in [1.54, 1.807) is 7.11 Å². The van der Waals surface area contributed by atoms with Crippen LogP contribution >= 0.6 is 0 Å². The summed E-state index contributed by atoms with van der Waals surface area (Å²) in [4.78, 5) is 2.41. The average molecular weight is 252 g/mol. The van der Waals surface area contributed by atoms with Gasteiger partial charge in [-0.3, -0.25) is 4.90 Å². The average Bonchev–Trinajstić information content (AvgIpc) is 2.84. The Labute approximate surface area is 109 Å². The molecule has 2 rings (SSSR count). The molecule has 1 saturated heterocycles. The number of ether oxygens (including phenoxy) is 1. The summed E-state index contributed by atoms with van der Waals surface area (Å²) in [5.41, 5.74) is 1.23. The molecule has 1 aromatic heterocycles. The molecule has 1 N–H and O–H groups in total. The van der Waals surface area contributed by atoms with Crippen LogP contribution in [0.4, 0.5) is 0 Å². The second kappa shape index (κ2) is 6.92. The van der Waals surface area contributed by atoms with Crippen LogP contribution in [0.5, 0.6) is 0 Å². The van der Waals surface area contributed by atoms with Crippen molar-refractivity contribution in [1.82, 2.24) is 10.2 Å². The van der Waals surface area contributed by atoms with E-state index in [0.717, 1.165) is 38.5 Å². The van der Waals surface area contributed by atoms with E-state index in [9.17, 15) is 0 Å². The van der Waals surface area contributed by atoms with Gasteiger partial charge in [-0.05, 0) is 32.0 Å². The van der Waals surface area contributed by atoms with E-state index >= 15 is 0 Å². The molecule has 4 nitrogen and oxygen atoms in total. The standard InChI is InChI=1S/C14H24N2O2/c1-3-15-8-12-7-14(18-11-12)10-16-6-4-5-13(9-16)17-2/h7,11,13,15H,3-6,8-10H2,1-2H3. The van der Waals surface area contributed by atoms with Crippen molar-refractivity contribution in [2.75, 3.05) is 26.7 Å². The number of rotatable bonds is 6. The van der Waals surface area contributed by atoms with Gasteiger partial charge >= 0.3 is 0 Å². The maximum atomic E-state index is 5.61. The molecule has 1 aliphatic heterocycles. The van der Waals surface area contributed by atoms with E-state index in [1.165, 1.54) is 18.4 Å². The summed E-state index contributed by atoms with van der Waals surface area (Å²) in [7, 11) is 1.80. The van der Waals surface area contributed by atoms with Crippen molar-refractivity contribution in [3.05, 3.63) is 23.7 Å². The smallest absolute Gasteiger partial charge is 0.118 e. The summed E-state index contributed by atoms with van der Waals surface area (Å²) < 4.78 is 11.0. The van der Waals surface area contributed by atoms with Gasteiger partial charge in [0.15, 0.2) is 0 Å². The molecule has 0 aliphatic carbocycles. The van der Waals surface area contributed by atoms with E-state index in [4.69, 9.17) is 9.15 Å². The van der Waals surface area contributed by atoms with Crippen LogP contribution < -0.4 is 5.32 Å². The largest absolute Gasteiger partial charge is 0.468 e. The van der Waals surface area contributed by atoms with Crippen LogP contribution in [0.2, 0.25) is 0 Å². The summed E-state index contributed by atoms with van der Waals surface area (Å²) in [5, 5.41) is 3.30. The molecule has 0 saturated carbocycles. The van der Waals surface area contributed by atoms with Crippen molar-refractivity contribution < 1.29 is 9.15 Å². The van der Waals surface area contributed by atoms with Crippen LogP contribution in [0, 0.1) is 0 Å². The van der Waals surface area contributed by atoms with E-state index in [-0.39, 0.29) is 0 Å². The molecule has 18 heavy (non-hydrogen) atoms. The van der Waals surface area contributed by atoms with E-state index in [2.05, 4.69) is 23.2 Å². The Morgan fingerprint density at radius 3 is 3.22 bits per heavy atom. The van der Waals surface area contributed by atoms with Crippen LogP contribution in [0.25, 0.3) is 0 Å². The second-order valence-electron chi connectivity index (χ2n) is 4.94. The first-order chi connectivity index (χ1) is 8.81. The first kappa shape index (κ1) is 13.6. The highest BCUT2D eigenvalue weighted by atomic mass is 16.5. The molecule has 2 heterocycles. The van der Waals surface area contributed by atoms with Gasteiger partial charge in [0, 0.05) is 25.8 Å². The normalized spacial score (nSPS) is 21.3. The van der Waals surface area contributed by atoms with Gasteiger partial charge in [0.1, 0.15) is 5.76 Å². The lowest BCUT2D eigenvalue weighted by molar-refractivity contribution is 0.0263. The molecule has 4 heteroatoms. The van der Waals surface area contributed by atoms with Crippen LogP contribution in [0.3, 0.4) is 0 Å². The Morgan fingerprint density at radius 2 is 2.44 bits per heavy atom. The maximum Gasteiger partial charge on any atom is 0.118 e. The van der Waals surface area contributed by atoms with Crippen molar-refractivity contribution >= 4 is 0 Å². The predicted octanol–water partition coefficient (Wildman–Crippen LogP) is 2.00. The SMILES string of the molecule is CCNCc1coc(CN2CCCC(OC)C2)c1. The molecule has 0 bridgehead atoms. The molecule has 1 atom stereocenters. The fourth-order valence-electron chi connectivity index (χ4n) is 2.44. The number of likely N-dealkylation sites (tertiary alicyclic amines) is 1. The number of nitrogens with zero attached hydrogens (tertiary/aromatic N) is 1. The number of piperidine rings is 1. The quantitative estimate of drug-likeness (QED) is 0.840. The summed E-state index contributed by atoms with van der Waals surface area (Å²) in [6.45, 7) is 7.04. The Kier molecular flexibility index (Phi) is 5.23. The number of hydrogen-bond acceptors (Lipinski definition) is 4. The Morgan fingerprint density at radius 1 is 1.56 bits per heavy atom. The third-order valence-corrected chi connectivity index (χ3v) is 3.46. The van der Waals surface area contributed by atoms with Gasteiger partial charge in [-0.15, -0.1) is 0 Å². The first-order valence-corrected chi connectivity index (χ1v) is 6.84. The van der Waals surface area contributed by atoms with Crippen molar-refractivity contribution in [2.24, 2.45) is 0 Å². The summed E-state index contributed by atoms with van der Waals surface area (Å²) >= 11 is 0. The van der Waals surface area contributed by atoms with Gasteiger partial charge < -0.3 is 14.5 Å². The molecule has 0 aromatic carbocycles. The van der Waals surface area contributed by atoms with Crippen molar-refractivity contribution in [3.63, 3.8) is 0 Å². The minimum atomic E-state index is 0.384. The molecule has 1 aromatic rings. The summed E-state index contributed by atoms with van der Waals surface area (Å²) in [6.07, 6.45) is 4.63. The van der Waals surface area contributed by atoms with Crippen LogP contribution in [-0.2, 0) is 17.8 Å². The van der Waals surface area contributed by atoms with E-state index < -0.39 is 0 Å². The van der Waals surface area contributed by atoms with Crippen molar-refractivity contribution in [3.8, 4) is 0 Å². The fourth-order valence-corrected chi connectivity index (χ4v) is 2.44. The number of nitrogens with one attached hydrogen (secondary N) is 1. The van der Waals surface area contributed by atoms with Gasteiger partial charge in [-0.2, -0.15) is 0 Å². The number of methoxy groups -OCH3 is 1. The Bertz CT molecular complexity index is 351. The predicted molar refractivity (Wildman–Crippen MR) is 71.4 cm³/mol. The van der Waals surface area contributed by atoms with Crippen molar-refractivity contribution in [1.29, 1.82) is 0 Å². The monoisotopic (exact) mass is 252 g/mol. The molecule has 0 spiro atoms. The third kappa shape index (κ3) is 3.83. The summed E-state index contributed by atoms with van der Waals surface area (Å²) in [5.74, 6) is 1.06. The van der Waals surface area contributed by atoms with Gasteiger partial charge in [0.25, 0.3) is 0 Å². The first-order valence-electron chi connectivity index (χ1n) is 6.84.